The van der Waals surface area contributed by atoms with Crippen molar-refractivity contribution in [2.24, 2.45) is 5.41 Å². The molecular weight excluding hydrogens is 552 g/mol. The number of nitrogens with one attached hydrogen (secondary N) is 2. The summed E-state index contributed by atoms with van der Waals surface area (Å²) >= 11 is 0. The second kappa shape index (κ2) is 10.1. The quantitative estimate of drug-likeness (QED) is 0.362. The molecule has 9 nitrogen and oxygen atoms in total. The maximum Gasteiger partial charge on any atom is 0.257 e. The summed E-state index contributed by atoms with van der Waals surface area (Å²) in [5, 5.41) is 2.98. The Hall–Kier alpha value is -3.41. The summed E-state index contributed by atoms with van der Waals surface area (Å²) in [6.07, 6.45) is 4.05. The molecule has 1 aromatic heterocycles. The average Bonchev–Trinajstić information content (AvgIpc) is 3.57. The maximum absolute atomic E-state index is 13.9. The van der Waals surface area contributed by atoms with Gasteiger partial charge in [-0.1, -0.05) is 0 Å². The first kappa shape index (κ1) is 27.7. The van der Waals surface area contributed by atoms with E-state index >= 15 is 0 Å². The van der Waals surface area contributed by atoms with Crippen LogP contribution in [0.25, 0.3) is 11.1 Å². The van der Waals surface area contributed by atoms with Crippen LogP contribution in [-0.4, -0.2) is 57.2 Å². The third kappa shape index (κ3) is 5.84. The summed E-state index contributed by atoms with van der Waals surface area (Å²) in [6.45, 7) is 5.19. The van der Waals surface area contributed by atoms with Gasteiger partial charge in [0, 0.05) is 51.6 Å². The number of sulfonamides is 1. The zero-order chi connectivity index (χ0) is 29.0. The molecule has 2 aliphatic heterocycles. The molecule has 1 amide bonds. The molecule has 3 aliphatic rings. The molecule has 1 saturated carbocycles. The Balaban J connectivity index is 1.31. The Labute approximate surface area is 238 Å². The van der Waals surface area contributed by atoms with Crippen molar-refractivity contribution in [3.8, 4) is 0 Å². The predicted molar refractivity (Wildman–Crippen MR) is 156 cm³/mol. The second-order valence-electron chi connectivity index (χ2n) is 11.6. The Morgan fingerprint density at radius 2 is 1.59 bits per heavy atom. The van der Waals surface area contributed by atoms with Crippen molar-refractivity contribution >= 4 is 49.8 Å². The van der Waals surface area contributed by atoms with Gasteiger partial charge in [0.25, 0.3) is 11.8 Å². The average molecular weight is 588 g/mol. The van der Waals surface area contributed by atoms with Crippen LogP contribution in [0.5, 0.6) is 0 Å². The molecule has 1 spiro atoms. The van der Waals surface area contributed by atoms with Gasteiger partial charge in [0.1, 0.15) is 5.52 Å². The van der Waals surface area contributed by atoms with Gasteiger partial charge < -0.3 is 19.5 Å². The first-order valence-corrected chi connectivity index (χ1v) is 15.8. The molecule has 220 valence electrons. The number of rotatable bonds is 7. The molecule has 1 aliphatic carbocycles. The summed E-state index contributed by atoms with van der Waals surface area (Å²) in [5.41, 5.74) is 4.06. The molecule has 0 bridgehead atoms. The summed E-state index contributed by atoms with van der Waals surface area (Å²) < 4.78 is 60.7. The molecule has 2 aromatic carbocycles. The van der Waals surface area contributed by atoms with Crippen LogP contribution >= 0.6 is 0 Å². The van der Waals surface area contributed by atoms with Crippen LogP contribution in [0.2, 0.25) is 0 Å². The third-order valence-electron chi connectivity index (χ3n) is 8.69. The lowest BCUT2D eigenvalue weighted by Gasteiger charge is -2.35. The van der Waals surface area contributed by atoms with Crippen LogP contribution in [0.4, 0.5) is 31.5 Å². The number of piperidine rings is 2. The van der Waals surface area contributed by atoms with Gasteiger partial charge in [-0.2, -0.15) is 0 Å². The number of carbonyl (C=O) groups is 1. The number of fused-ring (bicyclic) bond motifs is 1. The molecule has 0 radical (unpaired) electrons. The number of nitrogens with zero attached hydrogens (tertiary/aromatic N) is 3. The number of hydrogen-bond donors (Lipinski definition) is 2. The zero-order valence-electron chi connectivity index (χ0n) is 23.3. The Kier molecular flexibility index (Phi) is 6.87. The van der Waals surface area contributed by atoms with E-state index in [-0.39, 0.29) is 37.6 Å². The number of anilines is 4. The molecule has 2 saturated heterocycles. The third-order valence-corrected chi connectivity index (χ3v) is 10.00. The Bertz CT molecular complexity index is 1580. The number of oxazole rings is 1. The van der Waals surface area contributed by atoms with Crippen LogP contribution in [0, 0.1) is 12.3 Å². The minimum absolute atomic E-state index is 0.0577. The smallest absolute Gasteiger partial charge is 0.257 e. The highest BCUT2D eigenvalue weighted by molar-refractivity contribution is 7.92. The second-order valence-corrected chi connectivity index (χ2v) is 13.6. The highest BCUT2D eigenvalue weighted by Crippen LogP contribution is 2.54. The lowest BCUT2D eigenvalue weighted by Crippen LogP contribution is -2.39. The largest absolute Gasteiger partial charge is 0.439 e. The van der Waals surface area contributed by atoms with E-state index in [0.717, 1.165) is 25.9 Å². The number of aryl methyl sites for hydroxylation is 1. The summed E-state index contributed by atoms with van der Waals surface area (Å²) in [6, 6.07) is 8.44. The fraction of sp³-hybridized carbons (Fsp3) is 0.517. The summed E-state index contributed by atoms with van der Waals surface area (Å²) in [4.78, 5) is 22.2. The van der Waals surface area contributed by atoms with Gasteiger partial charge in [-0.05, 0) is 68.4 Å². The number of benzene rings is 2. The van der Waals surface area contributed by atoms with Gasteiger partial charge >= 0.3 is 0 Å². The lowest BCUT2D eigenvalue weighted by atomic mass is 9.93. The molecule has 0 atom stereocenters. The number of alkyl halides is 2. The van der Waals surface area contributed by atoms with Crippen LogP contribution < -0.4 is 19.8 Å². The van der Waals surface area contributed by atoms with Crippen molar-refractivity contribution in [2.45, 2.75) is 58.3 Å². The number of halogens is 2. The normalized spacial score (nSPS) is 19.9. The number of hydrogen-bond acceptors (Lipinski definition) is 7. The maximum atomic E-state index is 13.9. The van der Waals surface area contributed by atoms with E-state index in [0.29, 0.717) is 50.7 Å². The molecule has 0 unspecified atom stereocenters. The van der Waals surface area contributed by atoms with E-state index in [1.54, 1.807) is 44.2 Å². The van der Waals surface area contributed by atoms with Crippen LogP contribution in [0.15, 0.2) is 34.7 Å². The topological polar surface area (TPSA) is 108 Å². The van der Waals surface area contributed by atoms with Crippen LogP contribution in [0.3, 0.4) is 0 Å². The van der Waals surface area contributed by atoms with Gasteiger partial charge in [0.2, 0.25) is 10.0 Å². The van der Waals surface area contributed by atoms with E-state index in [1.807, 2.05) is 4.90 Å². The van der Waals surface area contributed by atoms with Crippen molar-refractivity contribution in [2.75, 3.05) is 51.8 Å². The van der Waals surface area contributed by atoms with E-state index < -0.39 is 15.9 Å². The zero-order valence-corrected chi connectivity index (χ0v) is 24.1. The number of amides is 1. The van der Waals surface area contributed by atoms with Crippen molar-refractivity contribution in [1.29, 1.82) is 0 Å². The number of carbonyl (C=O) groups excluding carboxylic acids is 1. The predicted octanol–water partition coefficient (Wildman–Crippen LogP) is 5.77. The highest BCUT2D eigenvalue weighted by Gasteiger charge is 2.44. The fourth-order valence-corrected chi connectivity index (χ4v) is 6.54. The molecule has 41 heavy (non-hydrogen) atoms. The SMILES string of the molecule is CCS(=O)(=O)Nc1ccc(C(=O)Nc2cc(N3CCC(F)(F)CC3)c3oc(C)nc3c2)c(N2CCC3(CC2)CC3)c1. The fourth-order valence-electron chi connectivity index (χ4n) is 5.91. The summed E-state index contributed by atoms with van der Waals surface area (Å²) in [7, 11) is -3.49. The summed E-state index contributed by atoms with van der Waals surface area (Å²) in [5.74, 6) is -2.66. The first-order valence-electron chi connectivity index (χ1n) is 14.2. The minimum Gasteiger partial charge on any atom is -0.439 e. The molecule has 3 heterocycles. The van der Waals surface area contributed by atoms with Crippen molar-refractivity contribution in [3.05, 3.63) is 41.8 Å². The van der Waals surface area contributed by atoms with Gasteiger partial charge in [-0.3, -0.25) is 9.52 Å². The van der Waals surface area contributed by atoms with Gasteiger partial charge in [0.05, 0.1) is 28.4 Å². The molecule has 6 rings (SSSR count). The van der Waals surface area contributed by atoms with E-state index in [2.05, 4.69) is 19.9 Å². The first-order chi connectivity index (χ1) is 19.4. The van der Waals surface area contributed by atoms with Gasteiger partial charge in [-0.15, -0.1) is 0 Å². The Morgan fingerprint density at radius 1 is 0.951 bits per heavy atom. The van der Waals surface area contributed by atoms with Crippen LogP contribution in [0.1, 0.15) is 61.7 Å². The molecular formula is C29H35F2N5O4S. The monoisotopic (exact) mass is 587 g/mol. The molecule has 3 fully saturated rings. The van der Waals surface area contributed by atoms with Crippen LogP contribution in [-0.2, 0) is 10.0 Å². The van der Waals surface area contributed by atoms with Gasteiger partial charge in [-0.25, -0.2) is 22.2 Å². The van der Waals surface area contributed by atoms with E-state index in [4.69, 9.17) is 4.42 Å². The highest BCUT2D eigenvalue weighted by atomic mass is 32.2. The van der Waals surface area contributed by atoms with Crippen molar-refractivity contribution in [3.63, 3.8) is 0 Å². The van der Waals surface area contributed by atoms with E-state index in [9.17, 15) is 22.0 Å². The van der Waals surface area contributed by atoms with Gasteiger partial charge in [0.15, 0.2) is 11.5 Å². The van der Waals surface area contributed by atoms with E-state index in [1.165, 1.54) is 12.8 Å². The Morgan fingerprint density at radius 3 is 2.24 bits per heavy atom. The molecule has 12 heteroatoms. The minimum atomic E-state index is -3.49. The molecule has 2 N–H and O–H groups in total. The number of aromatic nitrogens is 1. The lowest BCUT2D eigenvalue weighted by molar-refractivity contribution is -0.0220. The van der Waals surface area contributed by atoms with Crippen molar-refractivity contribution in [1.82, 2.24) is 4.98 Å². The standard InChI is InChI=1S/C29H35F2N5O4S/c1-3-41(38,39)34-20-4-5-22(24(17-20)35-12-8-28(6-7-28)9-13-35)27(37)33-21-16-23-26(40-19(2)32-23)25(18-21)36-14-10-29(30,31)11-15-36/h4-5,16-18,34H,3,6-15H2,1-2H3,(H,33,37). The molecule has 3 aromatic rings. The van der Waals surface area contributed by atoms with Crippen molar-refractivity contribution < 1.29 is 26.4 Å².